The minimum absolute atomic E-state index is 0.0237. The van der Waals surface area contributed by atoms with Crippen molar-refractivity contribution < 1.29 is 50.3 Å². The summed E-state index contributed by atoms with van der Waals surface area (Å²) in [5.41, 5.74) is 10.3. The molecule has 6 heterocycles. The molecule has 0 radical (unpaired) electrons. The quantitative estimate of drug-likeness (QED) is 0.0888. The molecule has 1 aliphatic carbocycles. The van der Waals surface area contributed by atoms with Crippen LogP contribution < -0.4 is 31.1 Å². The Balaban J connectivity index is 0.792. The Kier molecular flexibility index (Phi) is 12.7. The zero-order valence-electron chi connectivity index (χ0n) is 39.5. The van der Waals surface area contributed by atoms with E-state index in [0.717, 1.165) is 4.90 Å². The fraction of sp³-hybridized carbons (Fsp3) is 0.347. The van der Waals surface area contributed by atoms with Gasteiger partial charge in [0.25, 0.3) is 21.8 Å². The lowest BCUT2D eigenvalue weighted by Gasteiger charge is -2.40. The van der Waals surface area contributed by atoms with E-state index in [2.05, 4.69) is 20.9 Å². The van der Waals surface area contributed by atoms with Crippen LogP contribution in [0.5, 0.6) is 5.75 Å². The first-order valence-electron chi connectivity index (χ1n) is 23.5. The predicted octanol–water partition coefficient (Wildman–Crippen LogP) is 5.12. The number of amides is 5. The van der Waals surface area contributed by atoms with Gasteiger partial charge in [0.2, 0.25) is 17.7 Å². The van der Waals surface area contributed by atoms with Gasteiger partial charge in [0.15, 0.2) is 0 Å². The van der Waals surface area contributed by atoms with E-state index in [1.54, 1.807) is 49.2 Å². The SMILES string of the molecule is C[C@H](Oc1cc(-c2nn(C)c3c(-c4cnn(C5CCC(C(=O)NC6CC(Nc7cccc8c7C(=O)N(C7CCC(=O)NC7=O)C8=O)C6)N(C)C5)c4)cnc(N)c23)ccc1NS(=O)(=O)C(F)F)c1ccc(F)cc1. The molecule has 10 rings (SSSR count). The van der Waals surface area contributed by atoms with Crippen molar-refractivity contribution in [1.29, 1.82) is 0 Å². The maximum Gasteiger partial charge on any atom is 0.355 e. The first-order chi connectivity index (χ1) is 34.8. The van der Waals surface area contributed by atoms with Crippen molar-refractivity contribution in [3.05, 3.63) is 102 Å². The summed E-state index contributed by atoms with van der Waals surface area (Å²) < 4.78 is 76.8. The highest BCUT2D eigenvalue weighted by molar-refractivity contribution is 7.93. The van der Waals surface area contributed by atoms with E-state index in [9.17, 15) is 45.6 Å². The number of hydrogen-bond donors (Lipinski definition) is 5. The number of piperidine rings is 2. The van der Waals surface area contributed by atoms with Gasteiger partial charge in [0, 0.05) is 66.9 Å². The lowest BCUT2D eigenvalue weighted by Crippen LogP contribution is -2.56. The number of likely N-dealkylation sites (N-methyl/N-ethyl adjacent to an activating group) is 1. The van der Waals surface area contributed by atoms with Gasteiger partial charge in [-0.2, -0.15) is 19.0 Å². The summed E-state index contributed by atoms with van der Waals surface area (Å²) in [6, 6.07) is 12.9. The van der Waals surface area contributed by atoms with E-state index in [4.69, 9.17) is 20.7 Å². The van der Waals surface area contributed by atoms with Gasteiger partial charge in [-0.15, -0.1) is 0 Å². The average Bonchev–Trinajstić information content (AvgIpc) is 4.04. The minimum Gasteiger partial charge on any atom is -0.484 e. The smallest absolute Gasteiger partial charge is 0.355 e. The van der Waals surface area contributed by atoms with Crippen molar-refractivity contribution in [3.63, 3.8) is 0 Å². The molecule has 4 atom stereocenters. The highest BCUT2D eigenvalue weighted by Crippen LogP contribution is 2.41. The maximum atomic E-state index is 13.7. The van der Waals surface area contributed by atoms with Crippen LogP contribution in [0.4, 0.5) is 30.4 Å². The fourth-order valence-electron chi connectivity index (χ4n) is 10.1. The number of ether oxygens (including phenoxy) is 1. The van der Waals surface area contributed by atoms with E-state index in [1.165, 1.54) is 42.5 Å². The number of halogens is 3. The van der Waals surface area contributed by atoms with E-state index in [-0.39, 0.29) is 71.3 Å². The third-order valence-electron chi connectivity index (χ3n) is 14.0. The first-order valence-corrected chi connectivity index (χ1v) is 25.0. The Morgan fingerprint density at radius 3 is 2.41 bits per heavy atom. The number of nitrogen functional groups attached to an aromatic ring is 1. The molecule has 380 valence electrons. The number of rotatable bonds is 14. The molecule has 6 N–H and O–H groups in total. The summed E-state index contributed by atoms with van der Waals surface area (Å²) >= 11 is 0. The van der Waals surface area contributed by atoms with Gasteiger partial charge in [-0.25, -0.2) is 17.8 Å². The van der Waals surface area contributed by atoms with Crippen molar-refractivity contribution in [2.24, 2.45) is 7.05 Å². The molecule has 5 amide bonds. The van der Waals surface area contributed by atoms with Gasteiger partial charge in [0.05, 0.1) is 46.0 Å². The molecule has 3 aromatic carbocycles. The van der Waals surface area contributed by atoms with Crippen LogP contribution >= 0.6 is 0 Å². The number of carbonyl (C=O) groups is 5. The molecule has 3 unspecified atom stereocenters. The molecule has 0 bridgehead atoms. The Morgan fingerprint density at radius 2 is 1.68 bits per heavy atom. The summed E-state index contributed by atoms with van der Waals surface area (Å²) in [6.45, 7) is 2.16. The molecule has 20 nitrogen and oxygen atoms in total. The Hall–Kier alpha value is -7.86. The van der Waals surface area contributed by atoms with Crippen LogP contribution in [0.1, 0.15) is 83.9 Å². The third kappa shape index (κ3) is 9.19. The number of likely N-dealkylation sites (tertiary alicyclic amines) is 1. The Labute approximate surface area is 415 Å². The number of carbonyl (C=O) groups excluding carboxylic acids is 5. The van der Waals surface area contributed by atoms with Crippen LogP contribution in [0.3, 0.4) is 0 Å². The van der Waals surface area contributed by atoms with Gasteiger partial charge >= 0.3 is 5.76 Å². The average molecular weight is 1020 g/mol. The number of aryl methyl sites for hydroxylation is 1. The largest absolute Gasteiger partial charge is 0.484 e. The number of hydrogen-bond acceptors (Lipinski definition) is 14. The molecular weight excluding hydrogens is 974 g/mol. The van der Waals surface area contributed by atoms with Crippen molar-refractivity contribution in [2.45, 2.75) is 87.5 Å². The van der Waals surface area contributed by atoms with Crippen molar-refractivity contribution >= 4 is 67.7 Å². The molecule has 4 aliphatic rings. The van der Waals surface area contributed by atoms with Gasteiger partial charge in [-0.1, -0.05) is 24.3 Å². The topological polar surface area (TPSA) is 258 Å². The molecule has 1 saturated carbocycles. The number of nitrogens with zero attached hydrogens (tertiary/aromatic N) is 7. The molecule has 73 heavy (non-hydrogen) atoms. The number of nitrogens with two attached hydrogens (primary N) is 1. The lowest BCUT2D eigenvalue weighted by atomic mass is 9.85. The minimum atomic E-state index is -5.09. The summed E-state index contributed by atoms with van der Waals surface area (Å²) in [5.74, 6) is -6.55. The number of alkyl halides is 2. The molecule has 0 spiro atoms. The van der Waals surface area contributed by atoms with Crippen LogP contribution in [0.25, 0.3) is 33.3 Å². The van der Waals surface area contributed by atoms with Gasteiger partial charge < -0.3 is 21.1 Å². The number of sulfonamides is 1. The second-order valence-electron chi connectivity index (χ2n) is 18.8. The number of anilines is 3. The van der Waals surface area contributed by atoms with Gasteiger partial charge in [-0.3, -0.25) is 53.2 Å². The lowest BCUT2D eigenvalue weighted by molar-refractivity contribution is -0.136. The summed E-state index contributed by atoms with van der Waals surface area (Å²) in [4.78, 5) is 72.2. The number of pyridine rings is 1. The molecule has 3 aliphatic heterocycles. The summed E-state index contributed by atoms with van der Waals surface area (Å²) in [6.07, 6.45) is 6.91. The van der Waals surface area contributed by atoms with Crippen LogP contribution in [0, 0.1) is 5.82 Å². The zero-order valence-corrected chi connectivity index (χ0v) is 40.3. The van der Waals surface area contributed by atoms with Crippen LogP contribution in [0.15, 0.2) is 79.3 Å². The van der Waals surface area contributed by atoms with Crippen LogP contribution in [0.2, 0.25) is 0 Å². The molecule has 3 fully saturated rings. The van der Waals surface area contributed by atoms with Crippen molar-refractivity contribution in [2.75, 3.05) is 29.4 Å². The molecular formula is C49H49F3N12O8S. The zero-order chi connectivity index (χ0) is 51.6. The van der Waals surface area contributed by atoms with Crippen molar-refractivity contribution in [3.8, 4) is 28.1 Å². The second-order valence-corrected chi connectivity index (χ2v) is 20.4. The Morgan fingerprint density at radius 1 is 0.918 bits per heavy atom. The molecule has 24 heteroatoms. The first kappa shape index (κ1) is 48.8. The van der Waals surface area contributed by atoms with Crippen LogP contribution in [-0.4, -0.2) is 116 Å². The maximum absolute atomic E-state index is 13.7. The van der Waals surface area contributed by atoms with Gasteiger partial charge in [0.1, 0.15) is 35.2 Å². The van der Waals surface area contributed by atoms with E-state index in [0.29, 0.717) is 76.8 Å². The number of aromatic nitrogens is 5. The highest BCUT2D eigenvalue weighted by Gasteiger charge is 2.46. The van der Waals surface area contributed by atoms with Gasteiger partial charge in [-0.05, 0) is 88.0 Å². The number of imide groups is 2. The number of nitrogens with one attached hydrogen (secondary N) is 4. The third-order valence-corrected chi connectivity index (χ3v) is 15.0. The van der Waals surface area contributed by atoms with E-state index >= 15 is 0 Å². The second kappa shape index (κ2) is 19.0. The predicted molar refractivity (Wildman–Crippen MR) is 260 cm³/mol. The molecule has 6 aromatic rings. The highest BCUT2D eigenvalue weighted by atomic mass is 32.2. The summed E-state index contributed by atoms with van der Waals surface area (Å²) in [5, 5.41) is 18.7. The molecule has 3 aromatic heterocycles. The monoisotopic (exact) mass is 1020 g/mol. The normalized spacial score (nSPS) is 21.7. The van der Waals surface area contributed by atoms with Crippen LogP contribution in [-0.2, 0) is 31.5 Å². The fourth-order valence-corrected chi connectivity index (χ4v) is 10.7. The standard InChI is InChI=1S/C49H49F3N12O8S/c1-24(25-7-10-28(50)11-8-25)72-38-17-26(9-13-34(38)60-73(70,71)49(51)52)42-41-43(62(3)59-42)33(21-54-44(41)53)27-20-55-63(22-27)31-12-14-36(61(2)23-31)45(66)57-30-18-29(19-30)56-35-6-4-5-32-40(35)48(69)64(47(32)68)37-15-16-39(65)58-46(37)67/h4-11,13,17,20-22,24,29-31,36-37,49,56,60H,12,14-16,18-19,23H2,1-3H3,(H2,53,54)(H,57,66)(H,58,65,67)/t24-,29?,30?,31?,36?,37?/m0/s1. The Bertz CT molecular complexity index is 3340. The van der Waals surface area contributed by atoms with E-state index in [1.807, 2.05) is 27.5 Å². The number of fused-ring (bicyclic) bond motifs is 2. The number of benzene rings is 3. The van der Waals surface area contributed by atoms with Crippen molar-refractivity contribution in [1.82, 2.24) is 45.0 Å². The molecule has 2 saturated heterocycles. The summed E-state index contributed by atoms with van der Waals surface area (Å²) in [7, 11) is -1.48. The van der Waals surface area contributed by atoms with E-state index < -0.39 is 57.4 Å².